The number of piperidine rings is 1. The molecular weight excluding hydrogens is 426 g/mol. The number of hydrogen-bond acceptors (Lipinski definition) is 6. The van der Waals surface area contributed by atoms with Crippen molar-refractivity contribution in [3.63, 3.8) is 0 Å². The van der Waals surface area contributed by atoms with Crippen molar-refractivity contribution in [2.24, 2.45) is 17.8 Å². The molecule has 174 valence electrons. The number of nitrogens with zero attached hydrogens (tertiary/aromatic N) is 6. The standard InChI is InChI=1S/C24H28F2N6O/c1-14(2)32-24(33-18-6-7-20(25)21(26)9-18)29-22(30-32)10-19-16-4-5-17(19)12-31(11-16)23-8-15(3)27-13-28-23/h6-9,13-14,16-17,19H,4-5,10-12H2,1-3H3/t16-,17+,19?. The van der Waals surface area contributed by atoms with Gasteiger partial charge in [0.05, 0.1) is 6.04 Å². The lowest BCUT2D eigenvalue weighted by molar-refractivity contribution is 0.264. The summed E-state index contributed by atoms with van der Waals surface area (Å²) in [5.41, 5.74) is 0.978. The molecule has 5 rings (SSSR count). The number of fused-ring (bicyclic) bond motifs is 2. The molecule has 1 aliphatic heterocycles. The van der Waals surface area contributed by atoms with Crippen LogP contribution >= 0.6 is 0 Å². The Labute approximate surface area is 191 Å². The van der Waals surface area contributed by atoms with Gasteiger partial charge in [0.2, 0.25) is 0 Å². The molecule has 7 nitrogen and oxygen atoms in total. The van der Waals surface area contributed by atoms with Crippen LogP contribution in [-0.4, -0.2) is 37.8 Å². The van der Waals surface area contributed by atoms with E-state index in [0.29, 0.717) is 23.8 Å². The molecule has 1 aromatic carbocycles. The van der Waals surface area contributed by atoms with Crippen LogP contribution in [-0.2, 0) is 6.42 Å². The predicted octanol–water partition coefficient (Wildman–Crippen LogP) is 4.73. The van der Waals surface area contributed by atoms with E-state index >= 15 is 0 Å². The molecule has 1 unspecified atom stereocenters. The van der Waals surface area contributed by atoms with E-state index in [9.17, 15) is 8.78 Å². The highest BCUT2D eigenvalue weighted by atomic mass is 19.2. The average molecular weight is 455 g/mol. The molecule has 0 amide bonds. The molecular formula is C24H28F2N6O. The minimum atomic E-state index is -0.953. The monoisotopic (exact) mass is 454 g/mol. The summed E-state index contributed by atoms with van der Waals surface area (Å²) in [7, 11) is 0. The molecule has 0 N–H and O–H groups in total. The first-order valence-electron chi connectivity index (χ1n) is 11.5. The molecule has 2 aliphatic rings. The fraction of sp³-hybridized carbons (Fsp3) is 0.500. The van der Waals surface area contributed by atoms with Crippen LogP contribution in [0.4, 0.5) is 14.6 Å². The molecule has 1 saturated carbocycles. The lowest BCUT2D eigenvalue weighted by atomic mass is 9.82. The summed E-state index contributed by atoms with van der Waals surface area (Å²) in [6, 6.07) is 5.83. The molecule has 3 aromatic rings. The molecule has 33 heavy (non-hydrogen) atoms. The first-order chi connectivity index (χ1) is 15.9. The highest BCUT2D eigenvalue weighted by Gasteiger charge is 2.43. The number of rotatable bonds is 6. The van der Waals surface area contributed by atoms with Crippen LogP contribution in [0.2, 0.25) is 0 Å². The third-order valence-corrected chi connectivity index (χ3v) is 6.79. The second-order valence-electron chi connectivity index (χ2n) is 9.41. The largest absolute Gasteiger partial charge is 0.424 e. The van der Waals surface area contributed by atoms with Crippen LogP contribution in [0.1, 0.15) is 44.2 Å². The predicted molar refractivity (Wildman–Crippen MR) is 119 cm³/mol. The molecule has 2 fully saturated rings. The van der Waals surface area contributed by atoms with Gasteiger partial charge in [-0.05, 0) is 63.5 Å². The summed E-state index contributed by atoms with van der Waals surface area (Å²) < 4.78 is 34.4. The Hall–Kier alpha value is -3.10. The van der Waals surface area contributed by atoms with Gasteiger partial charge in [-0.15, -0.1) is 0 Å². The number of hydrogen-bond donors (Lipinski definition) is 0. The Balaban J connectivity index is 1.32. The zero-order valence-electron chi connectivity index (χ0n) is 19.1. The highest BCUT2D eigenvalue weighted by molar-refractivity contribution is 5.40. The summed E-state index contributed by atoms with van der Waals surface area (Å²) in [6.07, 6.45) is 4.80. The van der Waals surface area contributed by atoms with Crippen molar-refractivity contribution in [1.82, 2.24) is 24.7 Å². The molecule has 3 heterocycles. The van der Waals surface area contributed by atoms with E-state index in [1.807, 2.05) is 26.8 Å². The number of ether oxygens (including phenoxy) is 1. The van der Waals surface area contributed by atoms with Crippen LogP contribution in [0.15, 0.2) is 30.6 Å². The van der Waals surface area contributed by atoms with Gasteiger partial charge in [0.1, 0.15) is 17.9 Å². The van der Waals surface area contributed by atoms with Crippen molar-refractivity contribution in [2.75, 3.05) is 18.0 Å². The third kappa shape index (κ3) is 4.41. The van der Waals surface area contributed by atoms with Gasteiger partial charge in [-0.25, -0.2) is 23.4 Å². The molecule has 2 aromatic heterocycles. The molecule has 3 atom stereocenters. The van der Waals surface area contributed by atoms with Crippen molar-refractivity contribution < 1.29 is 13.5 Å². The fourth-order valence-corrected chi connectivity index (χ4v) is 5.17. The zero-order chi connectivity index (χ0) is 23.1. The van der Waals surface area contributed by atoms with Gasteiger partial charge in [-0.1, -0.05) is 0 Å². The van der Waals surface area contributed by atoms with E-state index in [4.69, 9.17) is 9.84 Å². The van der Waals surface area contributed by atoms with Crippen molar-refractivity contribution in [3.8, 4) is 11.8 Å². The smallest absolute Gasteiger partial charge is 0.320 e. The number of aryl methyl sites for hydroxylation is 1. The SMILES string of the molecule is Cc1cc(N2C[C@H]3CC[C@@H](C2)C3Cc2nc(Oc3ccc(F)c(F)c3)n(C(C)C)n2)ncn1. The number of halogens is 2. The normalized spacial score (nSPS) is 22.2. The topological polar surface area (TPSA) is 69.0 Å². The van der Waals surface area contributed by atoms with E-state index in [1.54, 1.807) is 11.0 Å². The number of aromatic nitrogens is 5. The van der Waals surface area contributed by atoms with Crippen LogP contribution in [0.25, 0.3) is 0 Å². The van der Waals surface area contributed by atoms with Gasteiger partial charge in [0.25, 0.3) is 0 Å². The lowest BCUT2D eigenvalue weighted by Gasteiger charge is -2.38. The zero-order valence-corrected chi connectivity index (χ0v) is 19.1. The van der Waals surface area contributed by atoms with Gasteiger partial charge in [-0.3, -0.25) is 0 Å². The van der Waals surface area contributed by atoms with Gasteiger partial charge in [-0.2, -0.15) is 10.1 Å². The molecule has 0 radical (unpaired) electrons. The first kappa shape index (κ1) is 21.7. The molecule has 1 aliphatic carbocycles. The Bertz CT molecular complexity index is 1140. The van der Waals surface area contributed by atoms with Crippen LogP contribution in [0.3, 0.4) is 0 Å². The summed E-state index contributed by atoms with van der Waals surface area (Å²) in [6.45, 7) is 7.91. The van der Waals surface area contributed by atoms with E-state index < -0.39 is 11.6 Å². The maximum Gasteiger partial charge on any atom is 0.320 e. The first-order valence-corrected chi connectivity index (χ1v) is 11.5. The maximum absolute atomic E-state index is 13.6. The molecule has 1 saturated heterocycles. The fourth-order valence-electron chi connectivity index (χ4n) is 5.17. The highest BCUT2D eigenvalue weighted by Crippen LogP contribution is 2.44. The Morgan fingerprint density at radius 2 is 1.82 bits per heavy atom. The van der Waals surface area contributed by atoms with Gasteiger partial charge < -0.3 is 9.64 Å². The third-order valence-electron chi connectivity index (χ3n) is 6.79. The second kappa shape index (κ2) is 8.68. The van der Waals surface area contributed by atoms with E-state index in [-0.39, 0.29) is 11.8 Å². The van der Waals surface area contributed by atoms with Gasteiger partial charge >= 0.3 is 6.01 Å². The minimum Gasteiger partial charge on any atom is -0.424 e. The molecule has 2 bridgehead atoms. The average Bonchev–Trinajstić information content (AvgIpc) is 3.27. The van der Waals surface area contributed by atoms with Crippen LogP contribution < -0.4 is 9.64 Å². The lowest BCUT2D eigenvalue weighted by Crippen LogP contribution is -2.43. The van der Waals surface area contributed by atoms with Crippen LogP contribution in [0.5, 0.6) is 11.8 Å². The summed E-state index contributed by atoms with van der Waals surface area (Å²) in [5.74, 6) is 1.68. The Morgan fingerprint density at radius 3 is 2.48 bits per heavy atom. The van der Waals surface area contributed by atoms with Crippen molar-refractivity contribution in [2.45, 2.75) is 46.1 Å². The quantitative estimate of drug-likeness (QED) is 0.536. The Kier molecular flexibility index (Phi) is 5.72. The number of anilines is 1. The molecule has 9 heteroatoms. The molecule has 0 spiro atoms. The van der Waals surface area contributed by atoms with Crippen molar-refractivity contribution >= 4 is 5.82 Å². The van der Waals surface area contributed by atoms with Gasteiger partial charge in [0, 0.05) is 37.3 Å². The van der Waals surface area contributed by atoms with E-state index in [1.165, 1.54) is 18.9 Å². The summed E-state index contributed by atoms with van der Waals surface area (Å²) in [4.78, 5) is 15.7. The van der Waals surface area contributed by atoms with Crippen LogP contribution in [0, 0.1) is 36.3 Å². The van der Waals surface area contributed by atoms with E-state index in [0.717, 1.165) is 49.0 Å². The Morgan fingerprint density at radius 1 is 1.06 bits per heavy atom. The van der Waals surface area contributed by atoms with Crippen molar-refractivity contribution in [1.29, 1.82) is 0 Å². The number of benzene rings is 1. The second-order valence-corrected chi connectivity index (χ2v) is 9.41. The van der Waals surface area contributed by atoms with E-state index in [2.05, 4.69) is 19.9 Å². The van der Waals surface area contributed by atoms with Gasteiger partial charge in [0.15, 0.2) is 17.5 Å². The summed E-state index contributed by atoms with van der Waals surface area (Å²) in [5, 5.41) is 4.70. The maximum atomic E-state index is 13.6. The summed E-state index contributed by atoms with van der Waals surface area (Å²) >= 11 is 0. The van der Waals surface area contributed by atoms with Crippen molar-refractivity contribution in [3.05, 3.63) is 53.7 Å². The minimum absolute atomic E-state index is 0.0196.